The highest BCUT2D eigenvalue weighted by Crippen LogP contribution is 2.33. The molecule has 124 valence electrons. The number of hydrogen-bond acceptors (Lipinski definition) is 1. The topological polar surface area (TPSA) is 19.0 Å². The quantitative estimate of drug-likeness (QED) is 0.689. The average molecular weight is 322 g/mol. The van der Waals surface area contributed by atoms with Gasteiger partial charge >= 0.3 is 0 Å². The molecule has 24 heavy (non-hydrogen) atoms. The van der Waals surface area contributed by atoms with Gasteiger partial charge in [-0.05, 0) is 67.6 Å². The predicted octanol–water partition coefficient (Wildman–Crippen LogP) is 5.34. The number of piperidine rings is 1. The number of H-pyrrole nitrogens is 1. The van der Waals surface area contributed by atoms with Gasteiger partial charge in [-0.1, -0.05) is 30.2 Å². The first kappa shape index (κ1) is 15.4. The van der Waals surface area contributed by atoms with Crippen molar-refractivity contribution >= 4 is 10.9 Å². The zero-order valence-corrected chi connectivity index (χ0v) is 14.1. The third-order valence-electron chi connectivity index (χ3n) is 5.07. The van der Waals surface area contributed by atoms with Gasteiger partial charge in [0, 0.05) is 17.8 Å². The highest BCUT2D eigenvalue weighted by atomic mass is 19.1. The second-order valence-electron chi connectivity index (χ2n) is 6.92. The molecule has 1 fully saturated rings. The van der Waals surface area contributed by atoms with E-state index in [-0.39, 0.29) is 5.82 Å². The molecule has 0 aliphatic carbocycles. The van der Waals surface area contributed by atoms with Crippen LogP contribution in [0.1, 0.15) is 42.1 Å². The summed E-state index contributed by atoms with van der Waals surface area (Å²) in [5.74, 6) is -0.167. The molecule has 0 saturated carbocycles. The molecule has 1 N–H and O–H groups in total. The van der Waals surface area contributed by atoms with E-state index in [2.05, 4.69) is 41.1 Å². The van der Waals surface area contributed by atoms with Crippen molar-refractivity contribution < 1.29 is 4.39 Å². The van der Waals surface area contributed by atoms with Gasteiger partial charge in [0.05, 0.1) is 6.04 Å². The predicted molar refractivity (Wildman–Crippen MR) is 96.4 cm³/mol. The molecular weight excluding hydrogens is 299 g/mol. The lowest BCUT2D eigenvalue weighted by Crippen LogP contribution is -2.33. The van der Waals surface area contributed by atoms with Crippen molar-refractivity contribution in [2.45, 2.75) is 38.8 Å². The Kier molecular flexibility index (Phi) is 4.11. The van der Waals surface area contributed by atoms with Crippen LogP contribution in [0.3, 0.4) is 0 Å². The molecule has 2 heterocycles. The van der Waals surface area contributed by atoms with Gasteiger partial charge in [0.1, 0.15) is 5.82 Å². The van der Waals surface area contributed by atoms with E-state index in [9.17, 15) is 4.39 Å². The van der Waals surface area contributed by atoms with Gasteiger partial charge in [-0.15, -0.1) is 0 Å². The number of halogens is 1. The Balaban J connectivity index is 1.61. The first-order valence-electron chi connectivity index (χ1n) is 8.77. The van der Waals surface area contributed by atoms with Gasteiger partial charge in [-0.25, -0.2) is 4.39 Å². The van der Waals surface area contributed by atoms with Crippen molar-refractivity contribution in [1.29, 1.82) is 0 Å². The highest BCUT2D eigenvalue weighted by Gasteiger charge is 2.25. The Morgan fingerprint density at radius 1 is 1.08 bits per heavy atom. The third kappa shape index (κ3) is 3.09. The number of fused-ring (bicyclic) bond motifs is 1. The molecule has 0 bridgehead atoms. The van der Waals surface area contributed by atoms with Crippen molar-refractivity contribution in [2.75, 3.05) is 6.54 Å². The summed E-state index contributed by atoms with van der Waals surface area (Å²) in [7, 11) is 0. The summed E-state index contributed by atoms with van der Waals surface area (Å²) >= 11 is 0. The SMILES string of the molecule is Cc1ccc2[nH]c(C3CCCCN3Cc3ccc(F)cc3)cc2c1. The summed E-state index contributed by atoms with van der Waals surface area (Å²) in [5.41, 5.74) is 4.98. The summed E-state index contributed by atoms with van der Waals surface area (Å²) in [6, 6.07) is 16.2. The van der Waals surface area contributed by atoms with Crippen LogP contribution in [0, 0.1) is 12.7 Å². The smallest absolute Gasteiger partial charge is 0.123 e. The van der Waals surface area contributed by atoms with E-state index in [1.165, 1.54) is 47.0 Å². The fraction of sp³-hybridized carbons (Fsp3) is 0.333. The Hall–Kier alpha value is -2.13. The standard InChI is InChI=1S/C21H23FN2/c1-15-5-10-19-17(12-15)13-20(23-19)21-4-2-3-11-24(21)14-16-6-8-18(22)9-7-16/h5-10,12-13,21,23H,2-4,11,14H2,1H3. The molecule has 1 aliphatic heterocycles. The summed E-state index contributed by atoms with van der Waals surface area (Å²) in [6.45, 7) is 4.10. The number of benzene rings is 2. The first-order valence-corrected chi connectivity index (χ1v) is 8.77. The minimum atomic E-state index is -0.167. The summed E-state index contributed by atoms with van der Waals surface area (Å²) in [6.07, 6.45) is 3.67. The van der Waals surface area contributed by atoms with E-state index >= 15 is 0 Å². The van der Waals surface area contributed by atoms with Crippen LogP contribution in [-0.4, -0.2) is 16.4 Å². The highest BCUT2D eigenvalue weighted by molar-refractivity contribution is 5.81. The van der Waals surface area contributed by atoms with Crippen LogP contribution in [0.2, 0.25) is 0 Å². The van der Waals surface area contributed by atoms with Gasteiger partial charge < -0.3 is 4.98 Å². The number of aromatic nitrogens is 1. The van der Waals surface area contributed by atoms with Crippen LogP contribution < -0.4 is 0 Å². The lowest BCUT2D eigenvalue weighted by Gasteiger charge is -2.35. The zero-order valence-electron chi connectivity index (χ0n) is 14.1. The minimum absolute atomic E-state index is 0.167. The molecule has 2 nitrogen and oxygen atoms in total. The molecule has 2 aromatic carbocycles. The van der Waals surface area contributed by atoms with Crippen LogP contribution >= 0.6 is 0 Å². The fourth-order valence-electron chi connectivity index (χ4n) is 3.81. The molecule has 0 spiro atoms. The zero-order chi connectivity index (χ0) is 16.5. The number of rotatable bonds is 3. The van der Waals surface area contributed by atoms with Gasteiger partial charge in [-0.3, -0.25) is 4.90 Å². The van der Waals surface area contributed by atoms with Crippen molar-refractivity contribution in [3.05, 3.63) is 71.2 Å². The Morgan fingerprint density at radius 2 is 1.92 bits per heavy atom. The van der Waals surface area contributed by atoms with E-state index in [0.717, 1.165) is 13.1 Å². The molecule has 4 rings (SSSR count). The van der Waals surface area contributed by atoms with Crippen LogP contribution in [0.25, 0.3) is 10.9 Å². The molecule has 1 saturated heterocycles. The van der Waals surface area contributed by atoms with Crippen LogP contribution in [0.4, 0.5) is 4.39 Å². The van der Waals surface area contributed by atoms with Gasteiger partial charge in [0.15, 0.2) is 0 Å². The van der Waals surface area contributed by atoms with E-state index in [1.807, 2.05) is 12.1 Å². The second kappa shape index (κ2) is 6.40. The third-order valence-corrected chi connectivity index (χ3v) is 5.07. The van der Waals surface area contributed by atoms with E-state index in [1.54, 1.807) is 12.1 Å². The summed E-state index contributed by atoms with van der Waals surface area (Å²) in [4.78, 5) is 6.14. The van der Waals surface area contributed by atoms with Crippen molar-refractivity contribution in [2.24, 2.45) is 0 Å². The van der Waals surface area contributed by atoms with E-state index in [4.69, 9.17) is 0 Å². The van der Waals surface area contributed by atoms with E-state index in [0.29, 0.717) is 6.04 Å². The molecule has 3 heteroatoms. The largest absolute Gasteiger partial charge is 0.357 e. The number of nitrogens with zero attached hydrogens (tertiary/aromatic N) is 1. The molecule has 1 unspecified atom stereocenters. The minimum Gasteiger partial charge on any atom is -0.357 e. The van der Waals surface area contributed by atoms with Crippen molar-refractivity contribution in [1.82, 2.24) is 9.88 Å². The van der Waals surface area contributed by atoms with Gasteiger partial charge in [-0.2, -0.15) is 0 Å². The average Bonchev–Trinajstić information content (AvgIpc) is 3.00. The molecule has 1 aliphatic rings. The Bertz CT molecular complexity index is 835. The van der Waals surface area contributed by atoms with Gasteiger partial charge in [0.25, 0.3) is 0 Å². The lowest BCUT2D eigenvalue weighted by atomic mass is 9.98. The van der Waals surface area contributed by atoms with Crippen molar-refractivity contribution in [3.8, 4) is 0 Å². The molecule has 0 amide bonds. The second-order valence-corrected chi connectivity index (χ2v) is 6.92. The molecule has 1 aromatic heterocycles. The Labute approximate surface area is 142 Å². The van der Waals surface area contributed by atoms with Crippen LogP contribution in [0.15, 0.2) is 48.5 Å². The normalized spacial score (nSPS) is 19.0. The maximum atomic E-state index is 13.1. The maximum absolute atomic E-state index is 13.1. The van der Waals surface area contributed by atoms with Gasteiger partial charge in [0.2, 0.25) is 0 Å². The maximum Gasteiger partial charge on any atom is 0.123 e. The monoisotopic (exact) mass is 322 g/mol. The number of aromatic amines is 1. The number of likely N-dealkylation sites (tertiary alicyclic amines) is 1. The molecular formula is C21H23FN2. The molecule has 0 radical (unpaired) electrons. The molecule has 3 aromatic rings. The summed E-state index contributed by atoms with van der Waals surface area (Å²) in [5, 5.41) is 1.29. The summed E-state index contributed by atoms with van der Waals surface area (Å²) < 4.78 is 13.1. The molecule has 1 atom stereocenters. The lowest BCUT2D eigenvalue weighted by molar-refractivity contribution is 0.138. The number of aryl methyl sites for hydroxylation is 1. The van der Waals surface area contributed by atoms with E-state index < -0.39 is 0 Å². The van der Waals surface area contributed by atoms with Crippen LogP contribution in [0.5, 0.6) is 0 Å². The number of hydrogen-bond donors (Lipinski definition) is 1. The Morgan fingerprint density at radius 3 is 2.75 bits per heavy atom. The number of nitrogens with one attached hydrogen (secondary N) is 1. The fourth-order valence-corrected chi connectivity index (χ4v) is 3.81. The van der Waals surface area contributed by atoms with Crippen molar-refractivity contribution in [3.63, 3.8) is 0 Å². The van der Waals surface area contributed by atoms with Crippen LogP contribution in [-0.2, 0) is 6.54 Å². The first-order chi connectivity index (χ1) is 11.7.